The van der Waals surface area contributed by atoms with Gasteiger partial charge >= 0.3 is 0 Å². The molecule has 0 bridgehead atoms. The van der Waals surface area contributed by atoms with Crippen LogP contribution in [0, 0.1) is 0 Å². The van der Waals surface area contributed by atoms with Crippen LogP contribution in [0.5, 0.6) is 0 Å². The predicted molar refractivity (Wildman–Crippen MR) is 63.6 cm³/mol. The number of nitrogens with zero attached hydrogens (tertiary/aromatic N) is 1. The van der Waals surface area contributed by atoms with Crippen LogP contribution in [0.2, 0.25) is 0 Å². The summed E-state index contributed by atoms with van der Waals surface area (Å²) in [5.74, 6) is 0. The summed E-state index contributed by atoms with van der Waals surface area (Å²) in [6, 6.07) is 0. The van der Waals surface area contributed by atoms with Gasteiger partial charge in [0.25, 0.3) is 0 Å². The zero-order chi connectivity index (χ0) is 10.1. The second kappa shape index (κ2) is 8.05. The number of hydrogen-bond donors (Lipinski definition) is 0. The maximum Gasteiger partial charge on any atom is -0.00217 e. The van der Waals surface area contributed by atoms with E-state index in [-0.39, 0.29) is 0 Å². The highest BCUT2D eigenvalue weighted by Crippen LogP contribution is 2.07. The average Bonchev–Trinajstić information content (AvgIpc) is 2.20. The van der Waals surface area contributed by atoms with Crippen molar-refractivity contribution < 1.29 is 0 Å². The molecule has 1 heterocycles. The van der Waals surface area contributed by atoms with Crippen molar-refractivity contribution >= 4 is 0 Å². The topological polar surface area (TPSA) is 3.24 Å². The summed E-state index contributed by atoms with van der Waals surface area (Å²) in [6.45, 7) is 2.58. The van der Waals surface area contributed by atoms with Crippen LogP contribution in [-0.4, -0.2) is 25.0 Å². The third kappa shape index (κ3) is 6.20. The van der Waals surface area contributed by atoms with Crippen molar-refractivity contribution in [3.63, 3.8) is 0 Å². The molecule has 0 fully saturated rings. The van der Waals surface area contributed by atoms with E-state index in [0.717, 1.165) is 0 Å². The van der Waals surface area contributed by atoms with Crippen LogP contribution in [0.4, 0.5) is 0 Å². The molecule has 82 valence electrons. The number of hydrogen-bond acceptors (Lipinski definition) is 1. The van der Waals surface area contributed by atoms with Crippen molar-refractivity contribution in [3.05, 3.63) is 12.2 Å². The summed E-state index contributed by atoms with van der Waals surface area (Å²) >= 11 is 0. The third-order valence-electron chi connectivity index (χ3n) is 2.99. The molecule has 0 aliphatic carbocycles. The van der Waals surface area contributed by atoms with Gasteiger partial charge in [-0.2, -0.15) is 0 Å². The Morgan fingerprint density at radius 2 is 1.21 bits per heavy atom. The molecule has 1 aliphatic rings. The molecule has 0 amide bonds. The fourth-order valence-electron chi connectivity index (χ4n) is 1.99. The van der Waals surface area contributed by atoms with Gasteiger partial charge in [-0.25, -0.2) is 0 Å². The molecule has 0 unspecified atom stereocenters. The fourth-order valence-corrected chi connectivity index (χ4v) is 1.99. The zero-order valence-corrected chi connectivity index (χ0v) is 9.67. The molecule has 0 saturated carbocycles. The van der Waals surface area contributed by atoms with E-state index in [1.165, 1.54) is 64.5 Å². The number of rotatable bonds is 0. The lowest BCUT2D eigenvalue weighted by Gasteiger charge is -2.15. The van der Waals surface area contributed by atoms with Crippen LogP contribution < -0.4 is 0 Å². The Bertz CT molecular complexity index is 151. The maximum atomic E-state index is 2.49. The van der Waals surface area contributed by atoms with Crippen LogP contribution in [-0.2, 0) is 0 Å². The van der Waals surface area contributed by atoms with Crippen molar-refractivity contribution in [3.8, 4) is 0 Å². The van der Waals surface area contributed by atoms with Gasteiger partial charge in [0.05, 0.1) is 0 Å². The summed E-state index contributed by atoms with van der Waals surface area (Å²) in [6.07, 6.45) is 15.7. The number of allylic oxidation sites excluding steroid dienone is 2. The molecule has 0 spiro atoms. The first kappa shape index (κ1) is 11.8. The summed E-state index contributed by atoms with van der Waals surface area (Å²) in [4.78, 5) is 2.49. The van der Waals surface area contributed by atoms with Gasteiger partial charge < -0.3 is 4.90 Å². The minimum atomic E-state index is 1.29. The SMILES string of the molecule is CN1CCCC/C=C\CCCCCC1. The first-order valence-corrected chi connectivity index (χ1v) is 6.23. The third-order valence-corrected chi connectivity index (χ3v) is 2.99. The summed E-state index contributed by atoms with van der Waals surface area (Å²) < 4.78 is 0. The lowest BCUT2D eigenvalue weighted by molar-refractivity contribution is 0.317. The van der Waals surface area contributed by atoms with Crippen LogP contribution >= 0.6 is 0 Å². The van der Waals surface area contributed by atoms with Gasteiger partial charge in [-0.05, 0) is 58.7 Å². The van der Waals surface area contributed by atoms with E-state index in [2.05, 4.69) is 24.1 Å². The normalized spacial score (nSPS) is 25.8. The Balaban J connectivity index is 2.19. The lowest BCUT2D eigenvalue weighted by Crippen LogP contribution is -2.20. The van der Waals surface area contributed by atoms with Gasteiger partial charge in [-0.3, -0.25) is 0 Å². The smallest absolute Gasteiger partial charge is 0.00217 e. The van der Waals surface area contributed by atoms with Crippen LogP contribution in [0.15, 0.2) is 12.2 Å². The molecular formula is C13H25N. The van der Waals surface area contributed by atoms with Crippen LogP contribution in [0.1, 0.15) is 51.4 Å². The summed E-state index contributed by atoms with van der Waals surface area (Å²) in [7, 11) is 2.26. The van der Waals surface area contributed by atoms with Gasteiger partial charge in [0.2, 0.25) is 0 Å². The van der Waals surface area contributed by atoms with E-state index in [9.17, 15) is 0 Å². The van der Waals surface area contributed by atoms with E-state index < -0.39 is 0 Å². The highest BCUT2D eigenvalue weighted by atomic mass is 15.1. The molecule has 0 aromatic heterocycles. The molecule has 0 radical (unpaired) electrons. The van der Waals surface area contributed by atoms with Gasteiger partial charge in [0, 0.05) is 0 Å². The van der Waals surface area contributed by atoms with E-state index in [4.69, 9.17) is 0 Å². The monoisotopic (exact) mass is 195 g/mol. The summed E-state index contributed by atoms with van der Waals surface area (Å²) in [5.41, 5.74) is 0. The van der Waals surface area contributed by atoms with Crippen molar-refractivity contribution in [2.45, 2.75) is 51.4 Å². The fraction of sp³-hybridized carbons (Fsp3) is 0.846. The highest BCUT2D eigenvalue weighted by Gasteiger charge is 1.98. The second-order valence-electron chi connectivity index (χ2n) is 4.47. The van der Waals surface area contributed by atoms with Crippen LogP contribution in [0.3, 0.4) is 0 Å². The average molecular weight is 195 g/mol. The minimum Gasteiger partial charge on any atom is -0.306 e. The summed E-state index contributed by atoms with van der Waals surface area (Å²) in [5, 5.41) is 0. The lowest BCUT2D eigenvalue weighted by atomic mass is 10.1. The Morgan fingerprint density at radius 1 is 0.714 bits per heavy atom. The van der Waals surface area contributed by atoms with Crippen molar-refractivity contribution in [1.82, 2.24) is 4.90 Å². The molecule has 0 saturated heterocycles. The van der Waals surface area contributed by atoms with Gasteiger partial charge in [0.15, 0.2) is 0 Å². The molecule has 0 N–H and O–H groups in total. The van der Waals surface area contributed by atoms with Crippen LogP contribution in [0.25, 0.3) is 0 Å². The zero-order valence-electron chi connectivity index (χ0n) is 9.67. The van der Waals surface area contributed by atoms with Gasteiger partial charge in [-0.15, -0.1) is 0 Å². The van der Waals surface area contributed by atoms with Gasteiger partial charge in [0.1, 0.15) is 0 Å². The molecule has 0 atom stereocenters. The van der Waals surface area contributed by atoms with Crippen molar-refractivity contribution in [2.24, 2.45) is 0 Å². The highest BCUT2D eigenvalue weighted by molar-refractivity contribution is 4.81. The molecule has 0 aromatic carbocycles. The largest absolute Gasteiger partial charge is 0.306 e. The molecule has 0 aromatic rings. The Kier molecular flexibility index (Phi) is 6.77. The van der Waals surface area contributed by atoms with Crippen molar-refractivity contribution in [1.29, 1.82) is 0 Å². The Morgan fingerprint density at radius 3 is 1.93 bits per heavy atom. The maximum absolute atomic E-state index is 2.49. The second-order valence-corrected chi connectivity index (χ2v) is 4.47. The molecular weight excluding hydrogens is 170 g/mol. The van der Waals surface area contributed by atoms with Crippen molar-refractivity contribution in [2.75, 3.05) is 20.1 Å². The minimum absolute atomic E-state index is 1.29. The molecule has 1 rings (SSSR count). The van der Waals surface area contributed by atoms with E-state index in [0.29, 0.717) is 0 Å². The standard InChI is InChI=1S/C13H25N/c1-14-12-10-8-6-4-2-3-5-7-9-11-13-14/h2,4H,3,5-13H2,1H3/b4-2-. The molecule has 1 nitrogen and oxygen atoms in total. The molecule has 1 aliphatic heterocycles. The Hall–Kier alpha value is -0.300. The van der Waals surface area contributed by atoms with E-state index >= 15 is 0 Å². The van der Waals surface area contributed by atoms with E-state index in [1.807, 2.05) is 0 Å². The van der Waals surface area contributed by atoms with E-state index in [1.54, 1.807) is 0 Å². The van der Waals surface area contributed by atoms with Gasteiger partial charge in [-0.1, -0.05) is 25.0 Å². The quantitative estimate of drug-likeness (QED) is 0.534. The first-order valence-electron chi connectivity index (χ1n) is 6.23. The molecule has 1 heteroatoms. The Labute approximate surface area is 89.2 Å². The predicted octanol–water partition coefficient (Wildman–Crippen LogP) is 3.61. The first-order chi connectivity index (χ1) is 6.89. The molecule has 14 heavy (non-hydrogen) atoms.